The fraction of sp³-hybridized carbons (Fsp3) is 0.278. The number of carbonyl (C=O) groups excluding carboxylic acids is 1. The van der Waals surface area contributed by atoms with Crippen LogP contribution in [0.4, 0.5) is 10.1 Å². The Morgan fingerprint density at radius 1 is 1.23 bits per heavy atom. The molecule has 114 valence electrons. The second-order valence-electron chi connectivity index (χ2n) is 5.34. The van der Waals surface area contributed by atoms with Crippen LogP contribution in [0.3, 0.4) is 0 Å². The van der Waals surface area contributed by atoms with Gasteiger partial charge in [0.15, 0.2) is 6.10 Å². The summed E-state index contributed by atoms with van der Waals surface area (Å²) in [6.07, 6.45) is 0.876. The van der Waals surface area contributed by atoms with Gasteiger partial charge in [-0.3, -0.25) is 4.79 Å². The largest absolute Gasteiger partial charge is 0.481 e. The molecule has 1 atom stereocenters. The van der Waals surface area contributed by atoms with Gasteiger partial charge in [-0.05, 0) is 48.7 Å². The highest BCUT2D eigenvalue weighted by molar-refractivity contribution is 5.98. The number of nitrogens with zero attached hydrogens (tertiary/aromatic N) is 1. The predicted octanol–water partition coefficient (Wildman–Crippen LogP) is 3.57. The predicted molar refractivity (Wildman–Crippen MR) is 83.6 cm³/mol. The standard InChI is InChI=1S/C18H18FNO2/c1-2-17(22-15-9-7-14(19)8-10-15)18(21)20-12-11-13-5-3-4-6-16(13)20/h3-10,17H,2,11-12H2,1H3/t17-/m1/s1. The molecule has 1 aliphatic rings. The van der Waals surface area contributed by atoms with Crippen molar-refractivity contribution in [1.82, 2.24) is 0 Å². The molecule has 2 aromatic carbocycles. The number of ether oxygens (including phenoxy) is 1. The molecule has 3 nitrogen and oxygen atoms in total. The Morgan fingerprint density at radius 2 is 1.95 bits per heavy atom. The van der Waals surface area contributed by atoms with Crippen molar-refractivity contribution >= 4 is 11.6 Å². The van der Waals surface area contributed by atoms with Crippen LogP contribution in [0.2, 0.25) is 0 Å². The summed E-state index contributed by atoms with van der Waals surface area (Å²) >= 11 is 0. The van der Waals surface area contributed by atoms with E-state index in [4.69, 9.17) is 4.74 Å². The van der Waals surface area contributed by atoms with Crippen LogP contribution < -0.4 is 9.64 Å². The van der Waals surface area contributed by atoms with Gasteiger partial charge in [-0.1, -0.05) is 25.1 Å². The SMILES string of the molecule is CC[C@@H](Oc1ccc(F)cc1)C(=O)N1CCc2ccccc21. The zero-order chi connectivity index (χ0) is 15.5. The molecule has 0 aliphatic carbocycles. The number of hydrogen-bond acceptors (Lipinski definition) is 2. The number of para-hydroxylation sites is 1. The van der Waals surface area contributed by atoms with Crippen LogP contribution >= 0.6 is 0 Å². The van der Waals surface area contributed by atoms with E-state index in [1.165, 1.54) is 17.7 Å². The van der Waals surface area contributed by atoms with Crippen LogP contribution in [0.25, 0.3) is 0 Å². The number of anilines is 1. The summed E-state index contributed by atoms with van der Waals surface area (Å²) in [7, 11) is 0. The summed E-state index contributed by atoms with van der Waals surface area (Å²) in [5.74, 6) is 0.144. The summed E-state index contributed by atoms with van der Waals surface area (Å²) in [6, 6.07) is 13.7. The summed E-state index contributed by atoms with van der Waals surface area (Å²) < 4.78 is 18.7. The smallest absolute Gasteiger partial charge is 0.268 e. The molecule has 0 spiro atoms. The Hall–Kier alpha value is -2.36. The van der Waals surface area contributed by atoms with Crippen LogP contribution in [-0.4, -0.2) is 18.6 Å². The molecule has 1 heterocycles. The van der Waals surface area contributed by atoms with E-state index in [-0.39, 0.29) is 11.7 Å². The van der Waals surface area contributed by atoms with Crippen LogP contribution in [-0.2, 0) is 11.2 Å². The molecule has 2 aromatic rings. The average Bonchev–Trinajstić information content (AvgIpc) is 2.98. The number of carbonyl (C=O) groups is 1. The van der Waals surface area contributed by atoms with Gasteiger partial charge in [-0.15, -0.1) is 0 Å². The van der Waals surface area contributed by atoms with Crippen molar-refractivity contribution in [3.05, 3.63) is 59.9 Å². The normalized spacial score (nSPS) is 14.5. The summed E-state index contributed by atoms with van der Waals surface area (Å²) in [5.41, 5.74) is 2.15. The first-order chi connectivity index (χ1) is 10.7. The van der Waals surface area contributed by atoms with Gasteiger partial charge in [0.05, 0.1) is 0 Å². The van der Waals surface area contributed by atoms with Gasteiger partial charge in [0.25, 0.3) is 5.91 Å². The lowest BCUT2D eigenvalue weighted by Gasteiger charge is -2.24. The molecule has 0 saturated carbocycles. The van der Waals surface area contributed by atoms with Crippen LogP contribution in [0.1, 0.15) is 18.9 Å². The maximum absolute atomic E-state index is 12.9. The van der Waals surface area contributed by atoms with E-state index in [9.17, 15) is 9.18 Å². The van der Waals surface area contributed by atoms with Crippen molar-refractivity contribution in [2.75, 3.05) is 11.4 Å². The number of benzene rings is 2. The first-order valence-electron chi connectivity index (χ1n) is 7.50. The second-order valence-corrected chi connectivity index (χ2v) is 5.34. The van der Waals surface area contributed by atoms with Crippen LogP contribution in [0.5, 0.6) is 5.75 Å². The zero-order valence-corrected chi connectivity index (χ0v) is 12.5. The minimum absolute atomic E-state index is 0.0447. The van der Waals surface area contributed by atoms with E-state index in [0.717, 1.165) is 12.1 Å². The molecule has 3 rings (SSSR count). The lowest BCUT2D eigenvalue weighted by atomic mass is 10.2. The summed E-state index contributed by atoms with van der Waals surface area (Å²) in [4.78, 5) is 14.5. The zero-order valence-electron chi connectivity index (χ0n) is 12.5. The molecule has 0 unspecified atom stereocenters. The molecule has 0 saturated heterocycles. The molecule has 0 radical (unpaired) electrons. The van der Waals surface area contributed by atoms with Crippen molar-refractivity contribution in [3.8, 4) is 5.75 Å². The van der Waals surface area contributed by atoms with Crippen molar-refractivity contribution in [3.63, 3.8) is 0 Å². The minimum Gasteiger partial charge on any atom is -0.481 e. The van der Waals surface area contributed by atoms with Gasteiger partial charge >= 0.3 is 0 Å². The highest BCUT2D eigenvalue weighted by Crippen LogP contribution is 2.29. The molecule has 1 amide bonds. The van der Waals surface area contributed by atoms with Gasteiger partial charge < -0.3 is 9.64 Å². The lowest BCUT2D eigenvalue weighted by Crippen LogP contribution is -2.41. The maximum Gasteiger partial charge on any atom is 0.268 e. The third-order valence-electron chi connectivity index (χ3n) is 3.89. The lowest BCUT2D eigenvalue weighted by molar-refractivity contribution is -0.125. The van der Waals surface area contributed by atoms with Gasteiger partial charge in [0.2, 0.25) is 0 Å². The van der Waals surface area contributed by atoms with E-state index in [1.54, 1.807) is 17.0 Å². The Kier molecular flexibility index (Phi) is 4.09. The van der Waals surface area contributed by atoms with E-state index in [2.05, 4.69) is 0 Å². The molecule has 4 heteroatoms. The first kappa shape index (κ1) is 14.6. The average molecular weight is 299 g/mol. The number of rotatable bonds is 4. The van der Waals surface area contributed by atoms with Crippen molar-refractivity contribution in [2.45, 2.75) is 25.9 Å². The van der Waals surface area contributed by atoms with E-state index >= 15 is 0 Å². The quantitative estimate of drug-likeness (QED) is 0.863. The highest BCUT2D eigenvalue weighted by Gasteiger charge is 2.30. The Balaban J connectivity index is 1.76. The topological polar surface area (TPSA) is 29.5 Å². The summed E-state index contributed by atoms with van der Waals surface area (Å²) in [6.45, 7) is 2.59. The first-order valence-corrected chi connectivity index (χ1v) is 7.50. The van der Waals surface area contributed by atoms with Gasteiger partial charge in [0, 0.05) is 12.2 Å². The minimum atomic E-state index is -0.559. The third kappa shape index (κ3) is 2.82. The Labute approximate surface area is 129 Å². The maximum atomic E-state index is 12.9. The number of fused-ring (bicyclic) bond motifs is 1. The molecule has 0 fully saturated rings. The van der Waals surface area contributed by atoms with Crippen LogP contribution in [0, 0.1) is 5.82 Å². The van der Waals surface area contributed by atoms with E-state index in [1.807, 2.05) is 31.2 Å². The van der Waals surface area contributed by atoms with Crippen LogP contribution in [0.15, 0.2) is 48.5 Å². The molecular weight excluding hydrogens is 281 g/mol. The Morgan fingerprint density at radius 3 is 2.68 bits per heavy atom. The van der Waals surface area contributed by atoms with E-state index < -0.39 is 6.10 Å². The van der Waals surface area contributed by atoms with Crippen molar-refractivity contribution < 1.29 is 13.9 Å². The molecule has 0 bridgehead atoms. The van der Waals surface area contributed by atoms with Crippen molar-refractivity contribution in [1.29, 1.82) is 0 Å². The van der Waals surface area contributed by atoms with E-state index in [0.29, 0.717) is 18.7 Å². The number of hydrogen-bond donors (Lipinski definition) is 0. The fourth-order valence-corrected chi connectivity index (χ4v) is 2.73. The number of halogens is 1. The molecule has 0 N–H and O–H groups in total. The monoisotopic (exact) mass is 299 g/mol. The fourth-order valence-electron chi connectivity index (χ4n) is 2.73. The second kappa shape index (κ2) is 6.18. The van der Waals surface area contributed by atoms with Gasteiger partial charge in [-0.2, -0.15) is 0 Å². The molecule has 0 aromatic heterocycles. The molecular formula is C18H18FNO2. The van der Waals surface area contributed by atoms with Crippen molar-refractivity contribution in [2.24, 2.45) is 0 Å². The third-order valence-corrected chi connectivity index (χ3v) is 3.89. The van der Waals surface area contributed by atoms with Gasteiger partial charge in [-0.25, -0.2) is 4.39 Å². The summed E-state index contributed by atoms with van der Waals surface area (Å²) in [5, 5.41) is 0. The van der Waals surface area contributed by atoms with Gasteiger partial charge in [0.1, 0.15) is 11.6 Å². The highest BCUT2D eigenvalue weighted by atomic mass is 19.1. The number of amides is 1. The Bertz CT molecular complexity index is 669. The molecule has 22 heavy (non-hydrogen) atoms. The molecule has 1 aliphatic heterocycles.